The average Bonchev–Trinajstić information content (AvgIpc) is 3.43. The van der Waals surface area contributed by atoms with Gasteiger partial charge in [0.25, 0.3) is 0 Å². The molecule has 2 N–H and O–H groups in total. The van der Waals surface area contributed by atoms with Gasteiger partial charge in [-0.15, -0.1) is 34.7 Å². The van der Waals surface area contributed by atoms with Gasteiger partial charge in [-0.1, -0.05) is 38.3 Å². The molecule has 36 heavy (non-hydrogen) atoms. The summed E-state index contributed by atoms with van der Waals surface area (Å²) in [6.45, 7) is 1.71. The standard InChI is InChI=1S/C27H37ClFNO4S2/c1-2-3-4-10-23(32)19-8-5-9-20(16-19)35-17-21-18(12-13-22(21)28)7-6-11-24-30-26(29)25(36-24)27(33)34-15-14-31/h5,8-9,16,18,21-23,31-32H,2-4,6-7,10-15,17H2,1H3/t18-,21+,22?,23?/m0/s1. The molecule has 1 aromatic carbocycles. The third kappa shape index (κ3) is 8.69. The van der Waals surface area contributed by atoms with E-state index >= 15 is 0 Å². The molecule has 200 valence electrons. The number of aliphatic hydroxyl groups is 2. The van der Waals surface area contributed by atoms with Crippen LogP contribution in [-0.2, 0) is 11.2 Å². The number of esters is 1. The topological polar surface area (TPSA) is 79.7 Å². The number of alkyl halides is 1. The van der Waals surface area contributed by atoms with E-state index in [1.807, 2.05) is 12.1 Å². The Bertz CT molecular complexity index is 960. The molecule has 1 saturated carbocycles. The van der Waals surface area contributed by atoms with Crippen LogP contribution in [0.15, 0.2) is 29.2 Å². The Morgan fingerprint density at radius 3 is 2.94 bits per heavy atom. The highest BCUT2D eigenvalue weighted by molar-refractivity contribution is 7.99. The number of thiazole rings is 1. The second kappa shape index (κ2) is 15.3. The van der Waals surface area contributed by atoms with E-state index in [4.69, 9.17) is 21.4 Å². The molecule has 9 heteroatoms. The van der Waals surface area contributed by atoms with Crippen molar-refractivity contribution in [3.05, 3.63) is 45.7 Å². The van der Waals surface area contributed by atoms with Gasteiger partial charge in [0.15, 0.2) is 4.88 Å². The highest BCUT2D eigenvalue weighted by atomic mass is 35.5. The number of hydrogen-bond acceptors (Lipinski definition) is 7. The number of hydrogen-bond donors (Lipinski definition) is 2. The fourth-order valence-electron chi connectivity index (χ4n) is 4.75. The molecule has 0 radical (unpaired) electrons. The summed E-state index contributed by atoms with van der Waals surface area (Å²) < 4.78 is 18.8. The van der Waals surface area contributed by atoms with Gasteiger partial charge in [-0.2, -0.15) is 4.39 Å². The summed E-state index contributed by atoms with van der Waals surface area (Å²) in [5.41, 5.74) is 0.983. The van der Waals surface area contributed by atoms with Gasteiger partial charge in [-0.05, 0) is 68.1 Å². The molecule has 4 atom stereocenters. The lowest BCUT2D eigenvalue weighted by atomic mass is 9.92. The third-order valence-corrected chi connectivity index (χ3v) is 9.51. The number of aromatic nitrogens is 1. The predicted octanol–water partition coefficient (Wildman–Crippen LogP) is 6.79. The minimum Gasteiger partial charge on any atom is -0.459 e. The van der Waals surface area contributed by atoms with Gasteiger partial charge in [-0.25, -0.2) is 9.78 Å². The van der Waals surface area contributed by atoms with E-state index in [1.165, 1.54) is 0 Å². The molecule has 3 rings (SSSR count). The zero-order valence-electron chi connectivity index (χ0n) is 20.8. The largest absolute Gasteiger partial charge is 0.459 e. The number of thioether (sulfide) groups is 1. The number of nitrogens with zero attached hydrogens (tertiary/aromatic N) is 1. The van der Waals surface area contributed by atoms with Gasteiger partial charge < -0.3 is 14.9 Å². The van der Waals surface area contributed by atoms with E-state index < -0.39 is 18.0 Å². The van der Waals surface area contributed by atoms with Crippen molar-refractivity contribution >= 4 is 40.7 Å². The number of ether oxygens (including phenoxy) is 1. The van der Waals surface area contributed by atoms with Gasteiger partial charge in [0.1, 0.15) is 6.61 Å². The van der Waals surface area contributed by atoms with Gasteiger partial charge >= 0.3 is 5.97 Å². The Labute approximate surface area is 226 Å². The number of aryl methyl sites for hydroxylation is 1. The van der Waals surface area contributed by atoms with Gasteiger partial charge in [-0.3, -0.25) is 0 Å². The number of benzene rings is 1. The Kier molecular flexibility index (Phi) is 12.5. The fraction of sp³-hybridized carbons (Fsp3) is 0.630. The van der Waals surface area contributed by atoms with E-state index in [2.05, 4.69) is 24.0 Å². The molecule has 2 unspecified atom stereocenters. The van der Waals surface area contributed by atoms with E-state index in [1.54, 1.807) is 11.8 Å². The van der Waals surface area contributed by atoms with Crippen molar-refractivity contribution in [2.45, 2.75) is 81.1 Å². The average molecular weight is 558 g/mol. The minimum atomic E-state index is -0.799. The van der Waals surface area contributed by atoms with E-state index in [-0.39, 0.29) is 23.5 Å². The quantitative estimate of drug-likeness (QED) is 0.109. The highest BCUT2D eigenvalue weighted by Crippen LogP contribution is 2.42. The smallest absolute Gasteiger partial charge is 0.353 e. The predicted molar refractivity (Wildman–Crippen MR) is 145 cm³/mol. The normalized spacial score (nSPS) is 20.5. The second-order valence-corrected chi connectivity index (χ2v) is 12.1. The van der Waals surface area contributed by atoms with Crippen LogP contribution in [-0.4, -0.2) is 45.5 Å². The lowest BCUT2D eigenvalue weighted by molar-refractivity contribution is 0.0434. The van der Waals surface area contributed by atoms with Crippen LogP contribution in [0.5, 0.6) is 0 Å². The lowest BCUT2D eigenvalue weighted by Crippen LogP contribution is -2.18. The maximum atomic E-state index is 14.0. The molecule has 5 nitrogen and oxygen atoms in total. The molecule has 1 aliphatic rings. The van der Waals surface area contributed by atoms with Crippen LogP contribution in [0.4, 0.5) is 4.39 Å². The van der Waals surface area contributed by atoms with Crippen molar-refractivity contribution in [3.8, 4) is 0 Å². The lowest BCUT2D eigenvalue weighted by Gasteiger charge is -2.22. The Hall–Kier alpha value is -1.19. The molecule has 1 fully saturated rings. The summed E-state index contributed by atoms with van der Waals surface area (Å²) in [6, 6.07) is 8.23. The van der Waals surface area contributed by atoms with Crippen molar-refractivity contribution in [1.82, 2.24) is 4.98 Å². The van der Waals surface area contributed by atoms with E-state index in [9.17, 15) is 14.3 Å². The molecule has 0 spiro atoms. The van der Waals surface area contributed by atoms with Gasteiger partial charge in [0, 0.05) is 16.0 Å². The molecule has 0 aliphatic heterocycles. The summed E-state index contributed by atoms with van der Waals surface area (Å²) in [7, 11) is 0. The van der Waals surface area contributed by atoms with Crippen LogP contribution >= 0.6 is 34.7 Å². The molecule has 2 aromatic rings. The molecule has 1 aliphatic carbocycles. The molecule has 0 amide bonds. The van der Waals surface area contributed by atoms with Crippen LogP contribution in [0.1, 0.15) is 84.6 Å². The molecule has 1 aromatic heterocycles. The Morgan fingerprint density at radius 1 is 1.33 bits per heavy atom. The number of rotatable bonds is 15. The second-order valence-electron chi connectivity index (χ2n) is 9.39. The third-order valence-electron chi connectivity index (χ3n) is 6.76. The highest BCUT2D eigenvalue weighted by Gasteiger charge is 2.34. The number of unbranched alkanes of at least 4 members (excludes halogenated alkanes) is 2. The zero-order valence-corrected chi connectivity index (χ0v) is 23.2. The first-order valence-corrected chi connectivity index (χ1v) is 15.1. The van der Waals surface area contributed by atoms with Crippen molar-refractivity contribution < 1.29 is 24.1 Å². The summed E-state index contributed by atoms with van der Waals surface area (Å²) in [6.07, 6.45) is 8.24. The zero-order chi connectivity index (χ0) is 25.9. The van der Waals surface area contributed by atoms with Crippen LogP contribution in [0.2, 0.25) is 0 Å². The SMILES string of the molecule is CCCCCC(O)c1cccc(SC[C@H]2C(Cl)CC[C@@H]2CCCc2nc(F)c(C(=O)OCCO)s2)c1. The first-order chi connectivity index (χ1) is 17.4. The van der Waals surface area contributed by atoms with Gasteiger partial charge in [0.05, 0.1) is 17.7 Å². The molecule has 1 heterocycles. The molecule has 0 saturated heterocycles. The number of carbonyl (C=O) groups is 1. The molecular formula is C27H37ClFNO4S2. The fourth-order valence-corrected chi connectivity index (χ4v) is 7.44. The van der Waals surface area contributed by atoms with Crippen LogP contribution in [0.3, 0.4) is 0 Å². The molecular weight excluding hydrogens is 521 g/mol. The van der Waals surface area contributed by atoms with Crippen molar-refractivity contribution in [2.24, 2.45) is 11.8 Å². The Morgan fingerprint density at radius 2 is 2.17 bits per heavy atom. The summed E-state index contributed by atoms with van der Waals surface area (Å²) in [5, 5.41) is 20.0. The van der Waals surface area contributed by atoms with Crippen molar-refractivity contribution in [2.75, 3.05) is 19.0 Å². The van der Waals surface area contributed by atoms with Crippen molar-refractivity contribution in [3.63, 3.8) is 0 Å². The first kappa shape index (κ1) is 29.4. The number of carbonyl (C=O) groups excluding carboxylic acids is 1. The monoisotopic (exact) mass is 557 g/mol. The summed E-state index contributed by atoms with van der Waals surface area (Å²) in [4.78, 5) is 16.8. The van der Waals surface area contributed by atoms with Crippen molar-refractivity contribution in [1.29, 1.82) is 0 Å². The maximum absolute atomic E-state index is 14.0. The minimum absolute atomic E-state index is 0.132. The number of halogens is 2. The van der Waals surface area contributed by atoms with E-state index in [0.29, 0.717) is 23.3 Å². The van der Waals surface area contributed by atoms with Crippen LogP contribution in [0.25, 0.3) is 0 Å². The van der Waals surface area contributed by atoms with E-state index in [0.717, 1.165) is 78.9 Å². The molecule has 0 bridgehead atoms. The van der Waals surface area contributed by atoms with Gasteiger partial charge in [0.2, 0.25) is 5.95 Å². The Balaban J connectivity index is 1.49. The van der Waals surface area contributed by atoms with Crippen LogP contribution < -0.4 is 0 Å². The summed E-state index contributed by atoms with van der Waals surface area (Å²) in [5.74, 6) is 0.252. The maximum Gasteiger partial charge on any atom is 0.353 e. The summed E-state index contributed by atoms with van der Waals surface area (Å²) >= 11 is 9.54. The number of aliphatic hydroxyl groups excluding tert-OH is 2. The van der Waals surface area contributed by atoms with Crippen LogP contribution in [0, 0.1) is 17.8 Å². The first-order valence-electron chi connectivity index (χ1n) is 12.9.